The summed E-state index contributed by atoms with van der Waals surface area (Å²) in [5.41, 5.74) is 0. The van der Waals surface area contributed by atoms with Gasteiger partial charge in [0.25, 0.3) is 0 Å². The highest BCUT2D eigenvalue weighted by Crippen LogP contribution is 2.13. The number of carbonyl (C=O) groups is 3. The number of unbranched alkanes of at least 4 members (excludes halogenated alkanes) is 18. The molecular weight excluding hydrogens is 817 g/mol. The molecule has 0 heterocycles. The Bertz CT molecular complexity index is 1370. The van der Waals surface area contributed by atoms with Gasteiger partial charge in [0.15, 0.2) is 6.10 Å². The molecule has 0 aliphatic heterocycles. The minimum absolute atomic E-state index is 0.0977. The van der Waals surface area contributed by atoms with Crippen LogP contribution in [0.15, 0.2) is 109 Å². The van der Waals surface area contributed by atoms with Crippen molar-refractivity contribution in [2.75, 3.05) is 13.2 Å². The molecule has 6 heteroatoms. The Morgan fingerprint density at radius 2 is 0.591 bits per heavy atom. The smallest absolute Gasteiger partial charge is 0.306 e. The molecule has 0 aliphatic rings. The number of ether oxygens (including phenoxy) is 3. The molecule has 0 aromatic heterocycles. The lowest BCUT2D eigenvalue weighted by Crippen LogP contribution is -2.30. The molecular formula is C60H98O6. The lowest BCUT2D eigenvalue weighted by Gasteiger charge is -2.18. The van der Waals surface area contributed by atoms with Crippen LogP contribution in [-0.4, -0.2) is 37.2 Å². The molecule has 0 radical (unpaired) electrons. The summed E-state index contributed by atoms with van der Waals surface area (Å²) in [6, 6.07) is 0. The largest absolute Gasteiger partial charge is 0.462 e. The fourth-order valence-electron chi connectivity index (χ4n) is 7.01. The van der Waals surface area contributed by atoms with Gasteiger partial charge < -0.3 is 14.2 Å². The van der Waals surface area contributed by atoms with Crippen LogP contribution in [0.1, 0.15) is 233 Å². The third-order valence-electron chi connectivity index (χ3n) is 11.0. The third-order valence-corrected chi connectivity index (χ3v) is 11.0. The molecule has 374 valence electrons. The SMILES string of the molecule is CC/C=C\C/C=C\C/C=C\C/C=C\C/C=C\CCCCCCCC(=O)OCC(COC(=O)CCCCCCC/C=C\CCCCC)OC(=O)CCCCCCC/C=C\C/C=C\C/C=C\CC. The van der Waals surface area contributed by atoms with Gasteiger partial charge in [-0.05, 0) is 122 Å². The van der Waals surface area contributed by atoms with Crippen molar-refractivity contribution in [2.45, 2.75) is 239 Å². The van der Waals surface area contributed by atoms with Crippen molar-refractivity contribution in [3.05, 3.63) is 109 Å². The van der Waals surface area contributed by atoms with Gasteiger partial charge in [0.2, 0.25) is 0 Å². The molecule has 6 nitrogen and oxygen atoms in total. The van der Waals surface area contributed by atoms with E-state index >= 15 is 0 Å². The second-order valence-electron chi connectivity index (χ2n) is 17.4. The van der Waals surface area contributed by atoms with Crippen molar-refractivity contribution >= 4 is 17.9 Å². The van der Waals surface area contributed by atoms with Gasteiger partial charge in [0.05, 0.1) is 0 Å². The summed E-state index contributed by atoms with van der Waals surface area (Å²) in [6.07, 6.45) is 72.1. The molecule has 0 aromatic carbocycles. The summed E-state index contributed by atoms with van der Waals surface area (Å²) in [5, 5.41) is 0. The summed E-state index contributed by atoms with van der Waals surface area (Å²) in [4.78, 5) is 38.0. The fourth-order valence-corrected chi connectivity index (χ4v) is 7.01. The van der Waals surface area contributed by atoms with Gasteiger partial charge >= 0.3 is 17.9 Å². The average molecular weight is 915 g/mol. The Kier molecular flexibility index (Phi) is 50.5. The molecule has 0 spiro atoms. The Balaban J connectivity index is 4.44. The van der Waals surface area contributed by atoms with E-state index in [1.165, 1.54) is 32.1 Å². The highest BCUT2D eigenvalue weighted by atomic mass is 16.6. The van der Waals surface area contributed by atoms with Crippen LogP contribution in [0.5, 0.6) is 0 Å². The van der Waals surface area contributed by atoms with E-state index in [-0.39, 0.29) is 31.1 Å². The van der Waals surface area contributed by atoms with Crippen molar-refractivity contribution in [2.24, 2.45) is 0 Å². The Morgan fingerprint density at radius 1 is 0.318 bits per heavy atom. The number of hydrogen-bond acceptors (Lipinski definition) is 6. The Labute approximate surface area is 406 Å². The first-order valence-electron chi connectivity index (χ1n) is 26.9. The van der Waals surface area contributed by atoms with Crippen LogP contribution in [0.4, 0.5) is 0 Å². The zero-order valence-electron chi connectivity index (χ0n) is 42.7. The first-order valence-corrected chi connectivity index (χ1v) is 26.9. The van der Waals surface area contributed by atoms with Crippen molar-refractivity contribution in [1.29, 1.82) is 0 Å². The van der Waals surface area contributed by atoms with Crippen LogP contribution < -0.4 is 0 Å². The topological polar surface area (TPSA) is 78.9 Å². The van der Waals surface area contributed by atoms with Gasteiger partial charge in [0, 0.05) is 19.3 Å². The zero-order chi connectivity index (χ0) is 47.9. The van der Waals surface area contributed by atoms with Gasteiger partial charge in [-0.2, -0.15) is 0 Å². The number of allylic oxidation sites excluding steroid dienone is 18. The van der Waals surface area contributed by atoms with Crippen LogP contribution in [-0.2, 0) is 28.6 Å². The minimum atomic E-state index is -0.800. The average Bonchev–Trinajstić information content (AvgIpc) is 3.31. The minimum Gasteiger partial charge on any atom is -0.462 e. The van der Waals surface area contributed by atoms with E-state index < -0.39 is 6.10 Å². The fraction of sp³-hybridized carbons (Fsp3) is 0.650. The number of rotatable bonds is 47. The van der Waals surface area contributed by atoms with Gasteiger partial charge in [0.1, 0.15) is 13.2 Å². The lowest BCUT2D eigenvalue weighted by atomic mass is 10.1. The summed E-state index contributed by atoms with van der Waals surface area (Å²) >= 11 is 0. The highest BCUT2D eigenvalue weighted by Gasteiger charge is 2.19. The predicted octanol–water partition coefficient (Wildman–Crippen LogP) is 17.9. The summed E-state index contributed by atoms with van der Waals surface area (Å²) in [5.74, 6) is -0.946. The zero-order valence-corrected chi connectivity index (χ0v) is 42.7. The molecule has 0 saturated carbocycles. The van der Waals surface area contributed by atoms with Crippen LogP contribution >= 0.6 is 0 Å². The Morgan fingerprint density at radius 3 is 0.939 bits per heavy atom. The Hall–Kier alpha value is -3.93. The van der Waals surface area contributed by atoms with Gasteiger partial charge in [-0.25, -0.2) is 0 Å². The molecule has 0 aliphatic carbocycles. The second-order valence-corrected chi connectivity index (χ2v) is 17.4. The molecule has 0 N–H and O–H groups in total. The van der Waals surface area contributed by atoms with E-state index in [1.807, 2.05) is 0 Å². The maximum absolute atomic E-state index is 12.8. The molecule has 0 aromatic rings. The van der Waals surface area contributed by atoms with Gasteiger partial charge in [-0.1, -0.05) is 201 Å². The number of esters is 3. The van der Waals surface area contributed by atoms with Gasteiger partial charge in [-0.3, -0.25) is 14.4 Å². The predicted molar refractivity (Wildman–Crippen MR) is 283 cm³/mol. The monoisotopic (exact) mass is 915 g/mol. The van der Waals surface area contributed by atoms with Crippen LogP contribution in [0.25, 0.3) is 0 Å². The molecule has 0 rings (SSSR count). The van der Waals surface area contributed by atoms with E-state index in [0.717, 1.165) is 161 Å². The summed E-state index contributed by atoms with van der Waals surface area (Å²) < 4.78 is 16.8. The molecule has 1 unspecified atom stereocenters. The molecule has 0 amide bonds. The standard InChI is InChI=1S/C60H98O6/c1-4-7-10-13-16-19-22-25-27-28-29-30-31-32-34-35-38-41-44-47-50-53-59(62)65-56-57(55-64-58(61)52-49-46-43-40-37-24-21-18-15-12-9-6-3)66-60(63)54-51-48-45-42-39-36-33-26-23-20-17-14-11-8-5-2/h7-8,10-11,16-21,25-27,29-30,32-34,57H,4-6,9,12-15,22-24,28,31,35-56H2,1-3H3/b10-7-,11-8-,19-16-,20-17-,21-18-,27-25-,30-29-,33-26-,34-32-. The van der Waals surface area contributed by atoms with Crippen LogP contribution in [0.2, 0.25) is 0 Å². The summed E-state index contributed by atoms with van der Waals surface area (Å²) in [6.45, 7) is 6.34. The molecule has 0 fully saturated rings. The van der Waals surface area contributed by atoms with Gasteiger partial charge in [-0.15, -0.1) is 0 Å². The third kappa shape index (κ3) is 51.1. The maximum atomic E-state index is 12.8. The summed E-state index contributed by atoms with van der Waals surface area (Å²) in [7, 11) is 0. The second kappa shape index (κ2) is 53.7. The van der Waals surface area contributed by atoms with E-state index in [9.17, 15) is 14.4 Å². The van der Waals surface area contributed by atoms with Crippen molar-refractivity contribution in [3.8, 4) is 0 Å². The highest BCUT2D eigenvalue weighted by molar-refractivity contribution is 5.71. The normalized spacial score (nSPS) is 13.0. The van der Waals surface area contributed by atoms with E-state index in [1.54, 1.807) is 0 Å². The number of hydrogen-bond donors (Lipinski definition) is 0. The van der Waals surface area contributed by atoms with Crippen LogP contribution in [0.3, 0.4) is 0 Å². The van der Waals surface area contributed by atoms with Crippen LogP contribution in [0, 0.1) is 0 Å². The van der Waals surface area contributed by atoms with E-state index in [2.05, 4.69) is 130 Å². The first kappa shape index (κ1) is 62.1. The van der Waals surface area contributed by atoms with Crippen molar-refractivity contribution < 1.29 is 28.6 Å². The quantitative estimate of drug-likeness (QED) is 0.0262. The lowest BCUT2D eigenvalue weighted by molar-refractivity contribution is -0.167. The van der Waals surface area contributed by atoms with E-state index in [0.29, 0.717) is 19.3 Å². The molecule has 66 heavy (non-hydrogen) atoms. The van der Waals surface area contributed by atoms with Crippen molar-refractivity contribution in [1.82, 2.24) is 0 Å². The number of carbonyl (C=O) groups excluding carboxylic acids is 3. The molecule has 1 atom stereocenters. The molecule has 0 saturated heterocycles. The first-order chi connectivity index (χ1) is 32.5. The van der Waals surface area contributed by atoms with E-state index in [4.69, 9.17) is 14.2 Å². The molecule has 0 bridgehead atoms. The van der Waals surface area contributed by atoms with Crippen molar-refractivity contribution in [3.63, 3.8) is 0 Å². The maximum Gasteiger partial charge on any atom is 0.306 e.